The molecule has 42 heavy (non-hydrogen) atoms. The topological polar surface area (TPSA) is 84.2 Å². The van der Waals surface area contributed by atoms with E-state index in [-0.39, 0.29) is 23.6 Å². The molecule has 1 aliphatic heterocycles. The molecule has 1 unspecified atom stereocenters. The van der Waals surface area contributed by atoms with Crippen molar-refractivity contribution in [3.63, 3.8) is 0 Å². The summed E-state index contributed by atoms with van der Waals surface area (Å²) in [4.78, 5) is 35.7. The Labute approximate surface area is 253 Å². The van der Waals surface area contributed by atoms with E-state index in [1.54, 1.807) is 11.8 Å². The minimum Gasteiger partial charge on any atom is -0.338 e. The molecular formula is C32H32N6O2S2. The molecule has 10 heteroatoms. The summed E-state index contributed by atoms with van der Waals surface area (Å²) in [7, 11) is 0. The van der Waals surface area contributed by atoms with Gasteiger partial charge < -0.3 is 14.4 Å². The number of aryl methyl sites for hydroxylation is 1. The number of thioether (sulfide) groups is 2. The highest BCUT2D eigenvalue weighted by atomic mass is 32.2. The van der Waals surface area contributed by atoms with Gasteiger partial charge in [-0.1, -0.05) is 71.9 Å². The van der Waals surface area contributed by atoms with E-state index in [2.05, 4.69) is 52.0 Å². The van der Waals surface area contributed by atoms with Gasteiger partial charge in [0.2, 0.25) is 17.0 Å². The van der Waals surface area contributed by atoms with E-state index >= 15 is 0 Å². The number of amides is 2. The Morgan fingerprint density at radius 3 is 2.38 bits per heavy atom. The molecule has 3 aromatic carbocycles. The molecule has 1 atom stereocenters. The largest absolute Gasteiger partial charge is 0.338 e. The van der Waals surface area contributed by atoms with Crippen molar-refractivity contribution in [1.29, 1.82) is 0 Å². The molecule has 0 radical (unpaired) electrons. The van der Waals surface area contributed by atoms with E-state index in [0.29, 0.717) is 37.1 Å². The van der Waals surface area contributed by atoms with E-state index in [0.717, 1.165) is 32.5 Å². The summed E-state index contributed by atoms with van der Waals surface area (Å²) in [5.41, 5.74) is 4.91. The Morgan fingerprint density at radius 1 is 0.881 bits per heavy atom. The summed E-state index contributed by atoms with van der Waals surface area (Å²) in [6, 6.07) is 26.5. The number of carbonyl (C=O) groups is 2. The Balaban J connectivity index is 1.11. The normalized spacial score (nSPS) is 15.4. The van der Waals surface area contributed by atoms with Crippen LogP contribution in [0.2, 0.25) is 0 Å². The molecule has 1 aliphatic rings. The molecule has 8 nitrogen and oxygen atoms in total. The van der Waals surface area contributed by atoms with Gasteiger partial charge in [0, 0.05) is 42.5 Å². The van der Waals surface area contributed by atoms with Gasteiger partial charge in [0.05, 0.1) is 17.0 Å². The van der Waals surface area contributed by atoms with E-state index in [1.165, 1.54) is 17.3 Å². The average molecular weight is 597 g/mol. The lowest BCUT2D eigenvalue weighted by Gasteiger charge is -2.39. The molecule has 0 saturated carbocycles. The summed E-state index contributed by atoms with van der Waals surface area (Å²) in [5.74, 6) is 0.731. The zero-order chi connectivity index (χ0) is 29.1. The van der Waals surface area contributed by atoms with Crippen molar-refractivity contribution in [3.05, 3.63) is 90.0 Å². The highest BCUT2D eigenvalue weighted by Gasteiger charge is 2.29. The minimum absolute atomic E-state index is 0.0155. The first-order valence-electron chi connectivity index (χ1n) is 14.0. The predicted octanol–water partition coefficient (Wildman–Crippen LogP) is 5.28. The predicted molar refractivity (Wildman–Crippen MR) is 169 cm³/mol. The van der Waals surface area contributed by atoms with Crippen molar-refractivity contribution in [2.24, 2.45) is 0 Å². The third-order valence-electron chi connectivity index (χ3n) is 7.52. The third-order valence-corrected chi connectivity index (χ3v) is 9.34. The summed E-state index contributed by atoms with van der Waals surface area (Å²) < 4.78 is 2.17. The van der Waals surface area contributed by atoms with Gasteiger partial charge in [-0.3, -0.25) is 9.59 Å². The lowest BCUT2D eigenvalue weighted by Crippen LogP contribution is -2.56. The van der Waals surface area contributed by atoms with Gasteiger partial charge >= 0.3 is 0 Å². The summed E-state index contributed by atoms with van der Waals surface area (Å²) in [6.45, 7) is 6.31. The fourth-order valence-electron chi connectivity index (χ4n) is 5.36. The van der Waals surface area contributed by atoms with Crippen molar-refractivity contribution in [1.82, 2.24) is 29.5 Å². The number of rotatable bonds is 8. The molecule has 0 bridgehead atoms. The second-order valence-electron chi connectivity index (χ2n) is 10.5. The molecule has 214 valence electrons. The number of benzene rings is 3. The Kier molecular flexibility index (Phi) is 8.43. The highest BCUT2D eigenvalue weighted by Crippen LogP contribution is 2.29. The molecule has 0 aliphatic carbocycles. The molecule has 5 aromatic rings. The number of hydrogen-bond acceptors (Lipinski definition) is 7. The van der Waals surface area contributed by atoms with E-state index < -0.39 is 0 Å². The van der Waals surface area contributed by atoms with Crippen molar-refractivity contribution in [3.8, 4) is 0 Å². The fraction of sp³-hybridized carbons (Fsp3) is 0.281. The molecule has 2 amide bonds. The van der Waals surface area contributed by atoms with Crippen LogP contribution in [0.4, 0.5) is 0 Å². The van der Waals surface area contributed by atoms with Crippen molar-refractivity contribution >= 4 is 57.4 Å². The Morgan fingerprint density at radius 2 is 1.62 bits per heavy atom. The Bertz CT molecular complexity index is 1730. The SMILES string of the molecule is Cc1ccc2c(c1)c1nnc(SCC(=O)N3CCN(C(=O)CSc4ccccc4)C(C)C3)nc1n2Cc1ccccc1. The van der Waals surface area contributed by atoms with Crippen LogP contribution >= 0.6 is 23.5 Å². The van der Waals surface area contributed by atoms with E-state index in [4.69, 9.17) is 4.98 Å². The van der Waals surface area contributed by atoms with Gasteiger partial charge in [-0.2, -0.15) is 0 Å². The molecular weight excluding hydrogens is 565 g/mol. The van der Waals surface area contributed by atoms with E-state index in [1.807, 2.05) is 65.3 Å². The lowest BCUT2D eigenvalue weighted by molar-refractivity contribution is -0.139. The summed E-state index contributed by atoms with van der Waals surface area (Å²) in [6.07, 6.45) is 0. The van der Waals surface area contributed by atoms with Crippen LogP contribution < -0.4 is 0 Å². The third kappa shape index (κ3) is 6.15. The van der Waals surface area contributed by atoms with Crippen molar-refractivity contribution < 1.29 is 9.59 Å². The summed E-state index contributed by atoms with van der Waals surface area (Å²) in [5, 5.41) is 10.4. The standard InChI is InChI=1S/C32H32N6O2S2/c1-22-13-14-27-26(17-22)30-31(38(27)19-24-9-5-3-6-10-24)33-32(35-34-30)42-20-28(39)36-15-16-37(23(2)18-36)29(40)21-41-25-11-7-4-8-12-25/h3-14,17,23H,15-16,18-21H2,1-2H3. The van der Waals surface area contributed by atoms with Gasteiger partial charge in [-0.05, 0) is 43.7 Å². The van der Waals surface area contributed by atoms with Crippen LogP contribution in [0.25, 0.3) is 22.1 Å². The van der Waals surface area contributed by atoms with Crippen molar-refractivity contribution in [2.45, 2.75) is 36.5 Å². The van der Waals surface area contributed by atoms with Gasteiger partial charge in [-0.25, -0.2) is 4.98 Å². The maximum absolute atomic E-state index is 13.2. The van der Waals surface area contributed by atoms with Crippen LogP contribution in [0.5, 0.6) is 0 Å². The minimum atomic E-state index is -0.0389. The second-order valence-corrected chi connectivity index (χ2v) is 12.5. The molecule has 0 spiro atoms. The zero-order valence-corrected chi connectivity index (χ0v) is 25.3. The number of fused-ring (bicyclic) bond motifs is 3. The zero-order valence-electron chi connectivity index (χ0n) is 23.6. The Hall–Kier alpha value is -3.89. The molecule has 3 heterocycles. The maximum Gasteiger partial charge on any atom is 0.233 e. The number of carbonyl (C=O) groups excluding carboxylic acids is 2. The quantitative estimate of drug-likeness (QED) is 0.225. The smallest absolute Gasteiger partial charge is 0.233 e. The molecule has 1 saturated heterocycles. The van der Waals surface area contributed by atoms with Crippen LogP contribution in [0.3, 0.4) is 0 Å². The molecule has 2 aromatic heterocycles. The first kappa shape index (κ1) is 28.2. The molecule has 1 fully saturated rings. The first-order chi connectivity index (χ1) is 20.5. The monoisotopic (exact) mass is 596 g/mol. The van der Waals surface area contributed by atoms with Crippen molar-refractivity contribution in [2.75, 3.05) is 31.1 Å². The van der Waals surface area contributed by atoms with E-state index in [9.17, 15) is 9.59 Å². The molecule has 6 rings (SSSR count). The average Bonchev–Trinajstić information content (AvgIpc) is 3.31. The molecule has 0 N–H and O–H groups in total. The fourth-order valence-corrected chi connectivity index (χ4v) is 6.85. The van der Waals surface area contributed by atoms with Crippen LogP contribution in [0.1, 0.15) is 18.1 Å². The second kappa shape index (κ2) is 12.5. The van der Waals surface area contributed by atoms with Gasteiger partial charge in [0.1, 0.15) is 5.52 Å². The number of hydrogen-bond donors (Lipinski definition) is 0. The number of piperazine rings is 1. The maximum atomic E-state index is 13.2. The summed E-state index contributed by atoms with van der Waals surface area (Å²) >= 11 is 2.85. The van der Waals surface area contributed by atoms with Crippen LogP contribution in [-0.4, -0.2) is 78.5 Å². The first-order valence-corrected chi connectivity index (χ1v) is 16.0. The van der Waals surface area contributed by atoms with Gasteiger partial charge in [0.15, 0.2) is 5.65 Å². The lowest BCUT2D eigenvalue weighted by atomic mass is 10.1. The highest BCUT2D eigenvalue weighted by molar-refractivity contribution is 8.00. The van der Waals surface area contributed by atoms with Crippen LogP contribution in [0, 0.1) is 6.92 Å². The number of nitrogens with zero attached hydrogens (tertiary/aromatic N) is 6. The van der Waals surface area contributed by atoms with Crippen LogP contribution in [0.15, 0.2) is 88.9 Å². The van der Waals surface area contributed by atoms with Crippen LogP contribution in [-0.2, 0) is 16.1 Å². The number of aromatic nitrogens is 4. The van der Waals surface area contributed by atoms with Gasteiger partial charge in [0.25, 0.3) is 0 Å². The van der Waals surface area contributed by atoms with Gasteiger partial charge in [-0.15, -0.1) is 22.0 Å².